The van der Waals surface area contributed by atoms with Crippen molar-refractivity contribution in [3.63, 3.8) is 0 Å². The Kier molecular flexibility index (Phi) is 47.4. The molecule has 0 aliphatic rings. The standard InChI is InChI=1S/3C8H19N2O.3ClH.H3O4P/c3*1-4-6-9-7-5-8-10(2,3)11;;;;1-5(2,3)4/h3*4,9,11H,1,5-8H2,2-3H3;3*1H;(H3,1,2,3,4)/q3*+1;;;;. The molecule has 0 amide bonds. The van der Waals surface area contributed by atoms with Crippen LogP contribution in [-0.4, -0.2) is 145 Å². The number of hydrogen-bond acceptors (Lipinski definition) is 7. The van der Waals surface area contributed by atoms with E-state index in [-0.39, 0.29) is 51.2 Å². The summed E-state index contributed by atoms with van der Waals surface area (Å²) in [7, 11) is 5.99. The number of phosphoric acid groups is 1. The van der Waals surface area contributed by atoms with E-state index in [0.717, 1.165) is 78.2 Å². The van der Waals surface area contributed by atoms with Crippen molar-refractivity contribution in [2.45, 2.75) is 19.3 Å². The Bertz CT molecular complexity index is 541. The average Bonchev–Trinajstić information content (AvgIpc) is 2.71. The van der Waals surface area contributed by atoms with Gasteiger partial charge in [-0.2, -0.15) is 13.9 Å². The average molecular weight is 685 g/mol. The topological polar surface area (TPSA) is 175 Å². The van der Waals surface area contributed by atoms with E-state index >= 15 is 0 Å². The molecule has 0 saturated carbocycles. The Labute approximate surface area is 267 Å². The van der Waals surface area contributed by atoms with Gasteiger partial charge >= 0.3 is 7.82 Å². The van der Waals surface area contributed by atoms with Gasteiger partial charge < -0.3 is 30.6 Å². The molecule has 0 aromatic rings. The van der Waals surface area contributed by atoms with E-state index < -0.39 is 7.82 Å². The zero-order valence-corrected chi connectivity index (χ0v) is 29.3. The molecule has 0 aromatic heterocycles. The molecule has 0 aromatic carbocycles. The summed E-state index contributed by atoms with van der Waals surface area (Å²) in [4.78, 5) is 21.6. The van der Waals surface area contributed by atoms with Crippen molar-refractivity contribution in [3.05, 3.63) is 38.0 Å². The molecule has 0 aliphatic carbocycles. The molecule has 0 fully saturated rings. The number of quaternary nitrogens is 3. The number of hydrogen-bond donors (Lipinski definition) is 9. The summed E-state index contributed by atoms with van der Waals surface area (Å²) in [6.45, 7) is 18.5. The fourth-order valence-electron chi connectivity index (χ4n) is 2.39. The Hall–Kier alpha value is -0.160. The zero-order chi connectivity index (χ0) is 30.7. The SMILES string of the molecule is C=CCNCCC[N+](C)(C)O.C=CCNCCC[N+](C)(C)O.C=CCNCCC[N+](C)(C)O.Cl.Cl.Cl.O=P(O)(O)O. The van der Waals surface area contributed by atoms with Crippen LogP contribution in [0.3, 0.4) is 0 Å². The van der Waals surface area contributed by atoms with Crippen molar-refractivity contribution in [1.82, 2.24) is 16.0 Å². The van der Waals surface area contributed by atoms with Gasteiger partial charge in [0.15, 0.2) is 0 Å². The van der Waals surface area contributed by atoms with Crippen LogP contribution in [0.1, 0.15) is 19.3 Å². The number of hydroxylamine groups is 9. The van der Waals surface area contributed by atoms with E-state index in [1.54, 1.807) is 42.3 Å². The first kappa shape index (κ1) is 56.6. The third kappa shape index (κ3) is 100. The lowest BCUT2D eigenvalue weighted by Crippen LogP contribution is -2.37. The van der Waals surface area contributed by atoms with E-state index in [1.165, 1.54) is 0 Å². The Morgan fingerprint density at radius 2 is 0.732 bits per heavy atom. The molecule has 17 heteroatoms. The highest BCUT2D eigenvalue weighted by atomic mass is 35.5. The quantitative estimate of drug-likeness (QED) is 0.0342. The molecule has 0 saturated heterocycles. The van der Waals surface area contributed by atoms with E-state index in [0.29, 0.717) is 0 Å². The molecule has 13 nitrogen and oxygen atoms in total. The second kappa shape index (κ2) is 34.3. The van der Waals surface area contributed by atoms with Crippen LogP contribution in [0.15, 0.2) is 38.0 Å². The summed E-state index contributed by atoms with van der Waals surface area (Å²) in [5.74, 6) is 0. The van der Waals surface area contributed by atoms with Crippen LogP contribution in [0.25, 0.3) is 0 Å². The molecular formula is C24H63Cl3N6O7P+3. The summed E-state index contributed by atoms with van der Waals surface area (Å²) < 4.78 is 9.04. The predicted octanol–water partition coefficient (Wildman–Crippen LogP) is 2.19. The van der Waals surface area contributed by atoms with Crippen molar-refractivity contribution >= 4 is 45.0 Å². The highest BCUT2D eigenvalue weighted by Gasteiger charge is 2.09. The Morgan fingerprint density at radius 3 is 0.854 bits per heavy atom. The molecule has 0 heterocycles. The maximum absolute atomic E-state index is 9.26. The molecule has 0 aliphatic heterocycles. The number of halogens is 3. The Balaban J connectivity index is -0.0000000756. The monoisotopic (exact) mass is 683 g/mol. The van der Waals surface area contributed by atoms with Crippen LogP contribution in [-0.2, 0) is 4.57 Å². The van der Waals surface area contributed by atoms with Gasteiger partial charge in [-0.05, 0) is 0 Å². The fraction of sp³-hybridized carbons (Fsp3) is 0.750. The molecule has 0 unspecified atom stereocenters. The first-order valence-corrected chi connectivity index (χ1v) is 14.2. The summed E-state index contributed by atoms with van der Waals surface area (Å²) in [5, 5.41) is 37.3. The van der Waals surface area contributed by atoms with E-state index in [2.05, 4.69) is 35.7 Å². The van der Waals surface area contributed by atoms with Gasteiger partial charge in [0.1, 0.15) is 19.6 Å². The lowest BCUT2D eigenvalue weighted by Gasteiger charge is -2.19. The van der Waals surface area contributed by atoms with E-state index in [1.807, 2.05) is 18.2 Å². The number of rotatable bonds is 18. The lowest BCUT2D eigenvalue weighted by atomic mass is 10.4. The summed E-state index contributed by atoms with van der Waals surface area (Å²) >= 11 is 0. The van der Waals surface area contributed by atoms with Crippen molar-refractivity contribution < 1.29 is 48.8 Å². The first-order chi connectivity index (χ1) is 17.2. The van der Waals surface area contributed by atoms with Crippen LogP contribution < -0.4 is 16.0 Å². The van der Waals surface area contributed by atoms with Gasteiger partial charge in [-0.15, -0.1) is 57.0 Å². The first-order valence-electron chi connectivity index (χ1n) is 12.6. The maximum Gasteiger partial charge on any atom is 0.466 e. The molecule has 0 spiro atoms. The molecule has 254 valence electrons. The fourth-order valence-corrected chi connectivity index (χ4v) is 2.39. The van der Waals surface area contributed by atoms with Crippen molar-refractivity contribution in [3.8, 4) is 0 Å². The summed E-state index contributed by atoms with van der Waals surface area (Å²) in [5.41, 5.74) is 0. The molecule has 41 heavy (non-hydrogen) atoms. The summed E-state index contributed by atoms with van der Waals surface area (Å²) in [6.07, 6.45) is 8.45. The maximum atomic E-state index is 9.26. The third-order valence-electron chi connectivity index (χ3n) is 4.04. The number of nitrogens with zero attached hydrogens (tertiary/aromatic N) is 3. The minimum atomic E-state index is -4.64. The van der Waals surface area contributed by atoms with Gasteiger partial charge in [0, 0.05) is 58.5 Å². The van der Waals surface area contributed by atoms with Gasteiger partial charge in [-0.3, -0.25) is 0 Å². The van der Waals surface area contributed by atoms with E-state index in [4.69, 9.17) is 19.2 Å². The third-order valence-corrected chi connectivity index (χ3v) is 4.04. The minimum absolute atomic E-state index is 0. The van der Waals surface area contributed by atoms with Crippen molar-refractivity contribution in [2.75, 3.05) is 101 Å². The Morgan fingerprint density at radius 1 is 0.561 bits per heavy atom. The molecule has 0 atom stereocenters. The van der Waals surface area contributed by atoms with Crippen molar-refractivity contribution in [1.29, 1.82) is 0 Å². The van der Waals surface area contributed by atoms with Gasteiger partial charge in [0.2, 0.25) is 0 Å². The number of nitrogens with one attached hydrogen (secondary N) is 3. The smallest absolute Gasteiger partial charge is 0.313 e. The molecular weight excluding hydrogens is 622 g/mol. The molecule has 9 N–H and O–H groups in total. The largest absolute Gasteiger partial charge is 0.466 e. The van der Waals surface area contributed by atoms with Gasteiger partial charge in [-0.25, -0.2) is 20.2 Å². The van der Waals surface area contributed by atoms with Crippen molar-refractivity contribution in [2.24, 2.45) is 0 Å². The molecule has 0 bridgehead atoms. The summed E-state index contributed by atoms with van der Waals surface area (Å²) in [6, 6.07) is 0. The van der Waals surface area contributed by atoms with Crippen LogP contribution in [0.4, 0.5) is 0 Å². The predicted molar refractivity (Wildman–Crippen MR) is 175 cm³/mol. The highest BCUT2D eigenvalue weighted by molar-refractivity contribution is 7.45. The van der Waals surface area contributed by atoms with Crippen LogP contribution in [0.2, 0.25) is 0 Å². The van der Waals surface area contributed by atoms with Gasteiger partial charge in [0.25, 0.3) is 0 Å². The van der Waals surface area contributed by atoms with Gasteiger partial charge in [0.05, 0.1) is 42.3 Å². The molecule has 0 rings (SSSR count). The van der Waals surface area contributed by atoms with Crippen LogP contribution in [0, 0.1) is 0 Å². The normalized spacial score (nSPS) is 10.7. The second-order valence-electron chi connectivity index (χ2n) is 10.1. The van der Waals surface area contributed by atoms with E-state index in [9.17, 15) is 15.6 Å². The van der Waals surface area contributed by atoms with Crippen LogP contribution >= 0.6 is 45.0 Å². The minimum Gasteiger partial charge on any atom is -0.313 e. The zero-order valence-electron chi connectivity index (χ0n) is 25.9. The van der Waals surface area contributed by atoms with Crippen LogP contribution in [0.5, 0.6) is 0 Å². The molecule has 0 radical (unpaired) electrons. The van der Waals surface area contributed by atoms with Gasteiger partial charge in [-0.1, -0.05) is 18.2 Å². The lowest BCUT2D eigenvalue weighted by molar-refractivity contribution is -1.07. The second-order valence-corrected chi connectivity index (χ2v) is 11.1. The highest BCUT2D eigenvalue weighted by Crippen LogP contribution is 2.25.